The minimum absolute atomic E-state index is 0.00361. The summed E-state index contributed by atoms with van der Waals surface area (Å²) in [7, 11) is -1.21. The van der Waals surface area contributed by atoms with Crippen molar-refractivity contribution in [3.8, 4) is 0 Å². The van der Waals surface area contributed by atoms with Gasteiger partial charge in [0.1, 0.15) is 15.4 Å². The summed E-state index contributed by atoms with van der Waals surface area (Å²) < 4.78 is 22.7. The van der Waals surface area contributed by atoms with Gasteiger partial charge in [-0.2, -0.15) is 0 Å². The van der Waals surface area contributed by atoms with Crippen molar-refractivity contribution >= 4 is 15.8 Å². The molecule has 16 heavy (non-hydrogen) atoms. The molecular weight excluding hydrogens is 230 g/mol. The number of aliphatic carboxylic acids is 1. The lowest BCUT2D eigenvalue weighted by atomic mass is 9.90. The number of carboxylic acid groups (broad SMARTS) is 1. The third kappa shape index (κ3) is 1.96. The minimum Gasteiger partial charge on any atom is -0.480 e. The summed E-state index contributed by atoms with van der Waals surface area (Å²) in [4.78, 5) is 13.3. The van der Waals surface area contributed by atoms with Gasteiger partial charge in [-0.25, -0.2) is 8.42 Å². The van der Waals surface area contributed by atoms with Crippen LogP contribution in [0.4, 0.5) is 0 Å². The molecule has 0 amide bonds. The van der Waals surface area contributed by atoms with Crippen molar-refractivity contribution in [3.63, 3.8) is 0 Å². The molecule has 6 heteroatoms. The number of carbonyl (C=O) groups is 1. The molecule has 2 aliphatic rings. The highest BCUT2D eigenvalue weighted by molar-refractivity contribution is 7.91. The van der Waals surface area contributed by atoms with Gasteiger partial charge in [-0.05, 0) is 32.7 Å². The summed E-state index contributed by atoms with van der Waals surface area (Å²) >= 11 is 0. The minimum atomic E-state index is -3.02. The van der Waals surface area contributed by atoms with Crippen LogP contribution in [0.2, 0.25) is 0 Å². The smallest absolute Gasteiger partial charge is 0.324 e. The maximum absolute atomic E-state index is 11.4. The molecule has 1 aliphatic carbocycles. The Balaban J connectivity index is 2.20. The van der Waals surface area contributed by atoms with E-state index in [9.17, 15) is 18.3 Å². The van der Waals surface area contributed by atoms with Gasteiger partial charge in [0.2, 0.25) is 0 Å². The van der Waals surface area contributed by atoms with Crippen molar-refractivity contribution in [1.82, 2.24) is 4.90 Å². The predicted octanol–water partition coefficient (Wildman–Crippen LogP) is 0.113. The van der Waals surface area contributed by atoms with Gasteiger partial charge in [0.15, 0.2) is 0 Å². The normalized spacial score (nSPS) is 27.9. The lowest BCUT2D eigenvalue weighted by molar-refractivity contribution is -0.152. The summed E-state index contributed by atoms with van der Waals surface area (Å²) in [5.41, 5.74) is -0.952. The summed E-state index contributed by atoms with van der Waals surface area (Å²) in [6, 6.07) is 0.330. The number of nitrogens with zero attached hydrogens (tertiary/aromatic N) is 1. The van der Waals surface area contributed by atoms with Crippen molar-refractivity contribution in [1.29, 1.82) is 0 Å². The van der Waals surface area contributed by atoms with Gasteiger partial charge in [-0.1, -0.05) is 0 Å². The molecule has 0 aromatic heterocycles. The largest absolute Gasteiger partial charge is 0.480 e. The van der Waals surface area contributed by atoms with Gasteiger partial charge in [0.25, 0.3) is 0 Å². The summed E-state index contributed by atoms with van der Waals surface area (Å²) in [5.74, 6) is -0.885. The topological polar surface area (TPSA) is 74.7 Å². The van der Waals surface area contributed by atoms with Crippen LogP contribution >= 0.6 is 0 Å². The monoisotopic (exact) mass is 247 g/mol. The Hall–Kier alpha value is -0.620. The van der Waals surface area contributed by atoms with Crippen molar-refractivity contribution < 1.29 is 18.3 Å². The van der Waals surface area contributed by atoms with Crippen molar-refractivity contribution in [2.24, 2.45) is 0 Å². The van der Waals surface area contributed by atoms with Crippen LogP contribution in [0, 0.1) is 0 Å². The number of rotatable bonds is 3. The third-order valence-corrected chi connectivity index (χ3v) is 5.47. The zero-order valence-electron chi connectivity index (χ0n) is 9.35. The number of hydrogen-bond acceptors (Lipinski definition) is 4. The second kappa shape index (κ2) is 3.70. The molecule has 0 unspecified atom stereocenters. The summed E-state index contributed by atoms with van der Waals surface area (Å²) in [6.07, 6.45) is 2.49. The molecule has 5 nitrogen and oxygen atoms in total. The second-order valence-electron chi connectivity index (χ2n) is 4.83. The molecule has 2 rings (SSSR count). The Morgan fingerprint density at radius 1 is 1.31 bits per heavy atom. The van der Waals surface area contributed by atoms with E-state index in [1.807, 2.05) is 11.9 Å². The second-order valence-corrected chi connectivity index (χ2v) is 7.13. The van der Waals surface area contributed by atoms with Gasteiger partial charge in [0.05, 0.1) is 11.5 Å². The highest BCUT2D eigenvalue weighted by Crippen LogP contribution is 2.37. The average Bonchev–Trinajstić information content (AvgIpc) is 3.00. The number of sulfone groups is 1. The van der Waals surface area contributed by atoms with Crippen molar-refractivity contribution in [3.05, 3.63) is 0 Å². The van der Waals surface area contributed by atoms with E-state index in [1.54, 1.807) is 0 Å². The van der Waals surface area contributed by atoms with Crippen LogP contribution in [-0.2, 0) is 14.6 Å². The first-order valence-corrected chi connectivity index (χ1v) is 7.36. The fourth-order valence-corrected chi connectivity index (χ4v) is 3.91. The first-order chi connectivity index (χ1) is 7.37. The first kappa shape index (κ1) is 11.9. The summed E-state index contributed by atoms with van der Waals surface area (Å²) in [5, 5.41) is 9.37. The molecule has 1 saturated carbocycles. The van der Waals surface area contributed by atoms with E-state index in [2.05, 4.69) is 0 Å². The number of hydrogen-bond donors (Lipinski definition) is 1. The highest BCUT2D eigenvalue weighted by Gasteiger charge is 2.50. The molecule has 1 aliphatic heterocycles. The van der Waals surface area contributed by atoms with Crippen LogP contribution in [0.25, 0.3) is 0 Å². The van der Waals surface area contributed by atoms with Crippen LogP contribution < -0.4 is 0 Å². The van der Waals surface area contributed by atoms with Crippen molar-refractivity contribution in [2.45, 2.75) is 37.3 Å². The first-order valence-electron chi connectivity index (χ1n) is 5.54. The maximum Gasteiger partial charge on any atom is 0.324 e. The van der Waals surface area contributed by atoms with E-state index in [-0.39, 0.29) is 24.3 Å². The zero-order valence-corrected chi connectivity index (χ0v) is 10.2. The molecule has 0 radical (unpaired) electrons. The molecule has 0 aromatic carbocycles. The highest BCUT2D eigenvalue weighted by atomic mass is 32.2. The maximum atomic E-state index is 11.4. The number of carboxylic acids is 1. The van der Waals surface area contributed by atoms with Gasteiger partial charge in [-0.3, -0.25) is 9.69 Å². The zero-order chi connectivity index (χ0) is 12.0. The van der Waals surface area contributed by atoms with Gasteiger partial charge in [0, 0.05) is 6.04 Å². The van der Waals surface area contributed by atoms with E-state index < -0.39 is 21.3 Å². The van der Waals surface area contributed by atoms with E-state index in [4.69, 9.17) is 0 Å². The molecule has 92 valence electrons. The molecule has 0 atom stereocenters. The molecule has 1 N–H and O–H groups in total. The van der Waals surface area contributed by atoms with Crippen LogP contribution in [0.1, 0.15) is 25.7 Å². The predicted molar refractivity (Wildman–Crippen MR) is 59.0 cm³/mol. The lowest BCUT2D eigenvalue weighted by Crippen LogP contribution is -2.57. The molecule has 2 fully saturated rings. The van der Waals surface area contributed by atoms with Crippen LogP contribution in [0.15, 0.2) is 0 Å². The van der Waals surface area contributed by atoms with Gasteiger partial charge >= 0.3 is 5.97 Å². The third-order valence-electron chi connectivity index (χ3n) is 3.82. The molecule has 0 spiro atoms. The summed E-state index contributed by atoms with van der Waals surface area (Å²) in [6.45, 7) is 0. The van der Waals surface area contributed by atoms with Crippen LogP contribution in [-0.4, -0.2) is 54.5 Å². The molecule has 1 heterocycles. The number of likely N-dealkylation sites (N-methyl/N-ethyl adjacent to an activating group) is 1. The van der Waals surface area contributed by atoms with Crippen LogP contribution in [0.3, 0.4) is 0 Å². The quantitative estimate of drug-likeness (QED) is 0.766. The fourth-order valence-electron chi connectivity index (χ4n) is 2.40. The molecule has 0 bridgehead atoms. The van der Waals surface area contributed by atoms with Gasteiger partial charge in [-0.15, -0.1) is 0 Å². The molecule has 0 aromatic rings. The van der Waals surface area contributed by atoms with Crippen LogP contribution in [0.5, 0.6) is 0 Å². The van der Waals surface area contributed by atoms with Gasteiger partial charge < -0.3 is 5.11 Å². The standard InChI is InChI=1S/C10H17NO4S/c1-11(8-2-3-8)10(9(12)13)4-6-16(14,15)7-5-10/h8H,2-7H2,1H3,(H,12,13). The average molecular weight is 247 g/mol. The Bertz CT molecular complexity index is 385. The Morgan fingerprint density at radius 2 is 1.81 bits per heavy atom. The van der Waals surface area contributed by atoms with E-state index in [0.717, 1.165) is 12.8 Å². The Kier molecular flexibility index (Phi) is 2.74. The molecule has 1 saturated heterocycles. The Labute approximate surface area is 95.4 Å². The van der Waals surface area contributed by atoms with E-state index >= 15 is 0 Å². The molecular formula is C10H17NO4S. The fraction of sp³-hybridized carbons (Fsp3) is 0.900. The lowest BCUT2D eigenvalue weighted by Gasteiger charge is -2.40. The SMILES string of the molecule is CN(C1CC1)C1(C(=O)O)CCS(=O)(=O)CC1. The van der Waals surface area contributed by atoms with Crippen molar-refractivity contribution in [2.75, 3.05) is 18.6 Å². The van der Waals surface area contributed by atoms with E-state index in [1.165, 1.54) is 0 Å². The van der Waals surface area contributed by atoms with E-state index in [0.29, 0.717) is 6.04 Å². The Morgan fingerprint density at radius 3 is 2.19 bits per heavy atom.